The minimum absolute atomic E-state index is 0.188. The number of hydrogen-bond donors (Lipinski definition) is 0. The topological polar surface area (TPSA) is 63.2 Å². The van der Waals surface area contributed by atoms with Crippen molar-refractivity contribution in [3.63, 3.8) is 0 Å². The minimum atomic E-state index is -0.992. The maximum atomic E-state index is 13.3. The van der Waals surface area contributed by atoms with E-state index in [1.807, 2.05) is 13.8 Å². The lowest BCUT2D eigenvalue weighted by Crippen LogP contribution is -2.65. The van der Waals surface area contributed by atoms with E-state index in [1.54, 1.807) is 11.8 Å². The van der Waals surface area contributed by atoms with E-state index in [1.165, 1.54) is 6.42 Å². The number of hydrogen-bond acceptors (Lipinski definition) is 7. The van der Waals surface area contributed by atoms with Gasteiger partial charge in [-0.1, -0.05) is 26.8 Å². The number of rotatable bonds is 5. The van der Waals surface area contributed by atoms with E-state index < -0.39 is 5.79 Å². The Balaban J connectivity index is 1.14. The number of ether oxygens (including phenoxy) is 3. The van der Waals surface area contributed by atoms with E-state index in [0.717, 1.165) is 55.3 Å². The molecule has 4 saturated carbocycles. The molecule has 7 atom stereocenters. The van der Waals surface area contributed by atoms with Gasteiger partial charge in [0.25, 0.3) is 0 Å². The predicted octanol–water partition coefficient (Wildman–Crippen LogP) is 6.46. The van der Waals surface area contributed by atoms with Crippen molar-refractivity contribution in [2.75, 3.05) is 13.2 Å². The SMILES string of the molecule is C[C@H](Sc1ccc([C@H]2C[C@H]2B2O[C@H]3C[C@H]4C[C@H](C4(C)C)[C@]3(C)O2)c2c1C(=O)OC(C)(C)O2)C1CCOCC1. The van der Waals surface area contributed by atoms with Crippen molar-refractivity contribution in [1.29, 1.82) is 0 Å². The van der Waals surface area contributed by atoms with E-state index in [4.69, 9.17) is 23.5 Å². The molecule has 0 unspecified atom stereocenters. The highest BCUT2D eigenvalue weighted by Gasteiger charge is 2.70. The molecule has 0 spiro atoms. The van der Waals surface area contributed by atoms with E-state index in [2.05, 4.69) is 39.8 Å². The third-order valence-electron chi connectivity index (χ3n) is 10.8. The van der Waals surface area contributed by atoms with Crippen LogP contribution in [0.3, 0.4) is 0 Å². The Morgan fingerprint density at radius 3 is 2.53 bits per heavy atom. The first-order valence-corrected chi connectivity index (χ1v) is 15.5. The number of esters is 1. The van der Waals surface area contributed by atoms with Gasteiger partial charge in [-0.3, -0.25) is 0 Å². The summed E-state index contributed by atoms with van der Waals surface area (Å²) in [6.07, 6.45) is 5.66. The van der Waals surface area contributed by atoms with Crippen molar-refractivity contribution < 1.29 is 28.3 Å². The summed E-state index contributed by atoms with van der Waals surface area (Å²) in [7, 11) is -0.188. The second-order valence-corrected chi connectivity index (χ2v) is 15.3. The van der Waals surface area contributed by atoms with Gasteiger partial charge in [-0.2, -0.15) is 0 Å². The molecule has 7 aliphatic rings. The van der Waals surface area contributed by atoms with Crippen molar-refractivity contribution >= 4 is 24.8 Å². The Morgan fingerprint density at radius 2 is 1.79 bits per heavy atom. The van der Waals surface area contributed by atoms with Crippen molar-refractivity contribution in [2.24, 2.45) is 23.2 Å². The zero-order valence-corrected chi connectivity index (χ0v) is 24.4. The molecule has 6 nitrogen and oxygen atoms in total. The van der Waals surface area contributed by atoms with Gasteiger partial charge in [-0.25, -0.2) is 4.79 Å². The average Bonchev–Trinajstić information content (AvgIpc) is 3.56. The van der Waals surface area contributed by atoms with Gasteiger partial charge in [0.1, 0.15) is 11.3 Å². The number of carbonyl (C=O) groups excluding carboxylic acids is 1. The number of carbonyl (C=O) groups is 1. The Bertz CT molecular complexity index is 1150. The number of cyclic esters (lactones) is 1. The van der Waals surface area contributed by atoms with Gasteiger partial charge in [0.05, 0.1) is 11.7 Å². The van der Waals surface area contributed by atoms with Crippen molar-refractivity contribution in [3.05, 3.63) is 23.3 Å². The van der Waals surface area contributed by atoms with Crippen LogP contribution in [0.1, 0.15) is 95.5 Å². The first-order valence-electron chi connectivity index (χ1n) is 14.6. The molecule has 2 bridgehead atoms. The van der Waals surface area contributed by atoms with E-state index in [0.29, 0.717) is 33.8 Å². The van der Waals surface area contributed by atoms with Crippen LogP contribution >= 0.6 is 11.8 Å². The average molecular weight is 541 g/mol. The Hall–Kier alpha value is -1.22. The number of thioether (sulfide) groups is 1. The Morgan fingerprint density at radius 1 is 1.03 bits per heavy atom. The fraction of sp³-hybridized carbons (Fsp3) is 0.767. The first-order chi connectivity index (χ1) is 18.0. The highest BCUT2D eigenvalue weighted by Crippen LogP contribution is 2.68. The molecule has 1 aromatic rings. The maximum Gasteiger partial charge on any atom is 0.461 e. The van der Waals surface area contributed by atoms with Crippen LogP contribution < -0.4 is 4.74 Å². The number of fused-ring (bicyclic) bond motifs is 1. The Labute approximate surface area is 231 Å². The second-order valence-electron chi connectivity index (χ2n) is 13.9. The lowest BCUT2D eigenvalue weighted by molar-refractivity contribution is -0.199. The van der Waals surface area contributed by atoms with E-state index in [-0.39, 0.29) is 36.5 Å². The normalized spacial score (nSPS) is 39.4. The first kappa shape index (κ1) is 25.7. The maximum absolute atomic E-state index is 13.3. The van der Waals surface area contributed by atoms with Crippen LogP contribution in [0.15, 0.2) is 17.0 Å². The number of benzene rings is 1. The molecule has 1 aromatic carbocycles. The van der Waals surface area contributed by atoms with Gasteiger partial charge >= 0.3 is 13.1 Å². The monoisotopic (exact) mass is 540 g/mol. The highest BCUT2D eigenvalue weighted by atomic mass is 32.2. The molecule has 6 fully saturated rings. The Kier molecular flexibility index (Phi) is 5.85. The molecule has 206 valence electrons. The van der Waals surface area contributed by atoms with Crippen LogP contribution in [0, 0.1) is 23.2 Å². The van der Waals surface area contributed by atoms with Gasteiger partial charge < -0.3 is 23.5 Å². The van der Waals surface area contributed by atoms with Gasteiger partial charge in [0, 0.05) is 43.0 Å². The summed E-state index contributed by atoms with van der Waals surface area (Å²) in [6, 6.07) is 4.29. The van der Waals surface area contributed by atoms with Gasteiger partial charge in [0.15, 0.2) is 0 Å². The van der Waals surface area contributed by atoms with Crippen LogP contribution in [0.2, 0.25) is 5.82 Å². The van der Waals surface area contributed by atoms with Crippen molar-refractivity contribution in [2.45, 2.75) is 113 Å². The summed E-state index contributed by atoms with van der Waals surface area (Å²) in [6.45, 7) is 14.6. The molecule has 3 aliphatic heterocycles. The van der Waals surface area contributed by atoms with Gasteiger partial charge in [-0.15, -0.1) is 11.8 Å². The molecule has 8 rings (SSSR count). The van der Waals surface area contributed by atoms with Crippen molar-refractivity contribution in [1.82, 2.24) is 0 Å². The molecule has 0 radical (unpaired) electrons. The predicted molar refractivity (Wildman–Crippen MR) is 147 cm³/mol. The summed E-state index contributed by atoms with van der Waals surface area (Å²) >= 11 is 1.77. The summed E-state index contributed by atoms with van der Waals surface area (Å²) in [5.74, 6) is 1.84. The van der Waals surface area contributed by atoms with Gasteiger partial charge in [-0.05, 0) is 79.7 Å². The molecule has 0 amide bonds. The quantitative estimate of drug-likeness (QED) is 0.241. The minimum Gasteiger partial charge on any atom is -0.452 e. The summed E-state index contributed by atoms with van der Waals surface area (Å²) < 4.78 is 31.1. The van der Waals surface area contributed by atoms with Crippen LogP contribution in [0.25, 0.3) is 0 Å². The summed E-state index contributed by atoms with van der Waals surface area (Å²) in [4.78, 5) is 14.3. The molecule has 0 N–H and O–H groups in total. The smallest absolute Gasteiger partial charge is 0.452 e. The lowest BCUT2D eigenvalue weighted by atomic mass is 9.43. The van der Waals surface area contributed by atoms with Crippen LogP contribution in [-0.4, -0.2) is 49.0 Å². The molecule has 8 heteroatoms. The zero-order valence-electron chi connectivity index (χ0n) is 23.6. The molecule has 3 heterocycles. The summed E-state index contributed by atoms with van der Waals surface area (Å²) in [5.41, 5.74) is 1.82. The standard InChI is InChI=1S/C30H41BO6S/c1-16(17-9-11-33-12-10-17)38-22-8-7-19(26-25(22)27(32)35-29(4,5)34-26)20-15-21(20)31-36-24-14-18-13-23(28(18,2)3)30(24,6)37-31/h7-8,16-18,20-21,23-24H,9-15H2,1-6H3/t16-,18+,20+,21+,23+,24-,30-/m0/s1. The second kappa shape index (κ2) is 8.64. The van der Waals surface area contributed by atoms with Crippen LogP contribution in [0.5, 0.6) is 5.75 Å². The van der Waals surface area contributed by atoms with Crippen LogP contribution in [-0.2, 0) is 18.8 Å². The molecule has 2 saturated heterocycles. The van der Waals surface area contributed by atoms with E-state index in [9.17, 15) is 4.79 Å². The molecule has 0 aromatic heterocycles. The summed E-state index contributed by atoms with van der Waals surface area (Å²) in [5, 5.41) is 0.380. The fourth-order valence-electron chi connectivity index (χ4n) is 8.25. The highest BCUT2D eigenvalue weighted by molar-refractivity contribution is 8.00. The van der Waals surface area contributed by atoms with E-state index >= 15 is 0 Å². The molecule has 4 aliphatic carbocycles. The van der Waals surface area contributed by atoms with Crippen LogP contribution in [0.4, 0.5) is 0 Å². The van der Waals surface area contributed by atoms with Crippen molar-refractivity contribution in [3.8, 4) is 5.75 Å². The third-order valence-corrected chi connectivity index (χ3v) is 12.2. The largest absolute Gasteiger partial charge is 0.461 e. The molecular weight excluding hydrogens is 499 g/mol. The third kappa shape index (κ3) is 3.91. The lowest BCUT2D eigenvalue weighted by Gasteiger charge is -2.64. The molecular formula is C30H41BO6S. The van der Waals surface area contributed by atoms with Gasteiger partial charge in [0.2, 0.25) is 5.79 Å². The zero-order chi connectivity index (χ0) is 26.6. The molecule has 38 heavy (non-hydrogen) atoms. The fourth-order valence-corrected chi connectivity index (χ4v) is 9.56.